The molecule has 3 saturated heterocycles. The maximum absolute atomic E-state index is 6.30. The summed E-state index contributed by atoms with van der Waals surface area (Å²) in [6, 6.07) is 1.60. The maximum Gasteiger partial charge on any atom is 0.0356 e. The third-order valence-corrected chi connectivity index (χ3v) is 6.53. The van der Waals surface area contributed by atoms with Crippen molar-refractivity contribution < 1.29 is 0 Å². The lowest BCUT2D eigenvalue weighted by Gasteiger charge is -2.49. The fourth-order valence-corrected chi connectivity index (χ4v) is 4.90. The number of likely N-dealkylation sites (tertiary alicyclic amines) is 2. The molecule has 0 saturated carbocycles. The number of nitrogens with two attached hydrogens (primary N) is 1. The smallest absolute Gasteiger partial charge is 0.0356 e. The fourth-order valence-electron chi connectivity index (χ4n) is 4.90. The summed E-state index contributed by atoms with van der Waals surface area (Å²) in [6.07, 6.45) is 7.95. The van der Waals surface area contributed by atoms with E-state index in [4.69, 9.17) is 5.73 Å². The van der Waals surface area contributed by atoms with Crippen molar-refractivity contribution in [2.75, 3.05) is 46.3 Å². The fraction of sp³-hybridized carbons (Fsp3) is 1.00. The van der Waals surface area contributed by atoms with Gasteiger partial charge in [0.1, 0.15) is 0 Å². The monoisotopic (exact) mass is 294 g/mol. The summed E-state index contributed by atoms with van der Waals surface area (Å²) in [4.78, 5) is 8.07. The molecule has 3 rings (SSSR count). The topological polar surface area (TPSA) is 35.7 Å². The lowest BCUT2D eigenvalue weighted by atomic mass is 9.84. The lowest BCUT2D eigenvalue weighted by Crippen LogP contribution is -2.61. The number of nitrogens with zero attached hydrogens (tertiary/aromatic N) is 3. The molecular weight excluding hydrogens is 260 g/mol. The van der Waals surface area contributed by atoms with Gasteiger partial charge in [0.25, 0.3) is 0 Å². The van der Waals surface area contributed by atoms with Crippen molar-refractivity contribution in [1.29, 1.82) is 0 Å². The standard InChI is InChI=1S/C17H34N4/c1-3-9-20-11-7-17(14-18,8-12-20)21-10-6-15-4-5-16(13-21)19(15)2/h15-16H,3-14,18H2,1-2H3. The minimum Gasteiger partial charge on any atom is -0.329 e. The Morgan fingerprint density at radius 2 is 1.76 bits per heavy atom. The first-order valence-electron chi connectivity index (χ1n) is 9.08. The largest absolute Gasteiger partial charge is 0.329 e. The number of hydrogen-bond donors (Lipinski definition) is 1. The van der Waals surface area contributed by atoms with Crippen molar-refractivity contribution in [2.45, 2.75) is 63.1 Å². The van der Waals surface area contributed by atoms with Crippen LogP contribution in [0.1, 0.15) is 45.4 Å². The van der Waals surface area contributed by atoms with Crippen LogP contribution in [0.4, 0.5) is 0 Å². The van der Waals surface area contributed by atoms with Gasteiger partial charge in [0.05, 0.1) is 0 Å². The Bertz CT molecular complexity index is 338. The van der Waals surface area contributed by atoms with Crippen molar-refractivity contribution in [2.24, 2.45) is 5.73 Å². The van der Waals surface area contributed by atoms with Crippen LogP contribution in [0.15, 0.2) is 0 Å². The first-order valence-corrected chi connectivity index (χ1v) is 9.08. The zero-order chi connectivity index (χ0) is 14.9. The highest BCUT2D eigenvalue weighted by Crippen LogP contribution is 2.35. The third kappa shape index (κ3) is 3.00. The highest BCUT2D eigenvalue weighted by atomic mass is 15.3. The van der Waals surface area contributed by atoms with E-state index in [1.54, 1.807) is 0 Å². The Kier molecular flexibility index (Phi) is 4.89. The molecule has 21 heavy (non-hydrogen) atoms. The number of fused-ring (bicyclic) bond motifs is 2. The Morgan fingerprint density at radius 3 is 2.43 bits per heavy atom. The SMILES string of the molecule is CCCN1CCC(CN)(N2CCC3CCC(C2)N3C)CC1. The average molecular weight is 294 g/mol. The molecular formula is C17H34N4. The van der Waals surface area contributed by atoms with Gasteiger partial charge in [-0.3, -0.25) is 9.80 Å². The van der Waals surface area contributed by atoms with Gasteiger partial charge < -0.3 is 10.6 Å². The van der Waals surface area contributed by atoms with Crippen molar-refractivity contribution in [3.8, 4) is 0 Å². The lowest BCUT2D eigenvalue weighted by molar-refractivity contribution is 0.0211. The maximum atomic E-state index is 6.30. The molecule has 3 fully saturated rings. The van der Waals surface area contributed by atoms with E-state index in [9.17, 15) is 0 Å². The summed E-state index contributed by atoms with van der Waals surface area (Å²) >= 11 is 0. The second-order valence-corrected chi connectivity index (χ2v) is 7.56. The van der Waals surface area contributed by atoms with Crippen LogP contribution >= 0.6 is 0 Å². The van der Waals surface area contributed by atoms with E-state index in [-0.39, 0.29) is 5.54 Å². The molecule has 0 aromatic rings. The highest BCUT2D eigenvalue weighted by molar-refractivity contribution is 5.01. The first kappa shape index (κ1) is 15.7. The molecule has 0 amide bonds. The number of rotatable bonds is 4. The van der Waals surface area contributed by atoms with Crippen LogP contribution in [0, 0.1) is 0 Å². The Labute approximate surface area is 130 Å². The molecule has 0 radical (unpaired) electrons. The van der Waals surface area contributed by atoms with Gasteiger partial charge in [-0.2, -0.15) is 0 Å². The Balaban J connectivity index is 1.66. The van der Waals surface area contributed by atoms with E-state index in [0.29, 0.717) is 0 Å². The summed E-state index contributed by atoms with van der Waals surface area (Å²) < 4.78 is 0. The number of likely N-dealkylation sites (N-methyl/N-ethyl adjacent to an activating group) is 1. The molecule has 0 aliphatic carbocycles. The van der Waals surface area contributed by atoms with Crippen LogP contribution in [0.3, 0.4) is 0 Å². The summed E-state index contributed by atoms with van der Waals surface area (Å²) in [5.41, 5.74) is 6.59. The van der Waals surface area contributed by atoms with Crippen LogP contribution in [0.5, 0.6) is 0 Å². The Morgan fingerprint density at radius 1 is 1.05 bits per heavy atom. The van der Waals surface area contributed by atoms with Gasteiger partial charge >= 0.3 is 0 Å². The average Bonchev–Trinajstić information content (AvgIpc) is 2.74. The summed E-state index contributed by atoms with van der Waals surface area (Å²) in [6.45, 7) is 9.37. The minimum absolute atomic E-state index is 0.287. The molecule has 0 aromatic heterocycles. The van der Waals surface area contributed by atoms with E-state index in [2.05, 4.69) is 28.7 Å². The predicted octanol–water partition coefficient (Wildman–Crippen LogP) is 1.36. The number of piperidine rings is 1. The Hall–Kier alpha value is -0.160. The van der Waals surface area contributed by atoms with Crippen LogP contribution in [-0.4, -0.2) is 78.6 Å². The summed E-state index contributed by atoms with van der Waals surface area (Å²) in [5, 5.41) is 0. The van der Waals surface area contributed by atoms with Crippen LogP contribution in [-0.2, 0) is 0 Å². The molecule has 2 N–H and O–H groups in total. The molecule has 3 aliphatic rings. The molecule has 4 heteroatoms. The van der Waals surface area contributed by atoms with Gasteiger partial charge in [-0.15, -0.1) is 0 Å². The molecule has 0 spiro atoms. The first-order chi connectivity index (χ1) is 10.2. The van der Waals surface area contributed by atoms with Crippen molar-refractivity contribution >= 4 is 0 Å². The van der Waals surface area contributed by atoms with Crippen LogP contribution in [0.2, 0.25) is 0 Å². The molecule has 3 aliphatic heterocycles. The van der Waals surface area contributed by atoms with Gasteiger partial charge in [-0.1, -0.05) is 6.92 Å². The zero-order valence-corrected chi connectivity index (χ0v) is 14.1. The van der Waals surface area contributed by atoms with Gasteiger partial charge in [-0.05, 0) is 65.2 Å². The van der Waals surface area contributed by atoms with Crippen molar-refractivity contribution in [3.63, 3.8) is 0 Å². The van der Waals surface area contributed by atoms with E-state index in [1.807, 2.05) is 0 Å². The van der Waals surface area contributed by atoms with Crippen molar-refractivity contribution in [1.82, 2.24) is 14.7 Å². The van der Waals surface area contributed by atoms with Gasteiger partial charge in [-0.25, -0.2) is 0 Å². The quantitative estimate of drug-likeness (QED) is 0.849. The second-order valence-electron chi connectivity index (χ2n) is 7.56. The zero-order valence-electron chi connectivity index (χ0n) is 14.1. The molecule has 3 heterocycles. The van der Waals surface area contributed by atoms with Gasteiger partial charge in [0, 0.05) is 37.3 Å². The van der Waals surface area contributed by atoms with Crippen LogP contribution in [0.25, 0.3) is 0 Å². The molecule has 2 unspecified atom stereocenters. The van der Waals surface area contributed by atoms with Crippen molar-refractivity contribution in [3.05, 3.63) is 0 Å². The van der Waals surface area contributed by atoms with E-state index in [1.165, 1.54) is 71.2 Å². The minimum atomic E-state index is 0.287. The van der Waals surface area contributed by atoms with E-state index in [0.717, 1.165) is 18.6 Å². The second kappa shape index (κ2) is 6.53. The van der Waals surface area contributed by atoms with Crippen LogP contribution < -0.4 is 5.73 Å². The normalized spacial score (nSPS) is 35.0. The number of hydrogen-bond acceptors (Lipinski definition) is 4. The summed E-state index contributed by atoms with van der Waals surface area (Å²) in [7, 11) is 2.34. The third-order valence-electron chi connectivity index (χ3n) is 6.53. The molecule has 4 nitrogen and oxygen atoms in total. The predicted molar refractivity (Wildman–Crippen MR) is 88.5 cm³/mol. The molecule has 122 valence electrons. The molecule has 2 bridgehead atoms. The molecule has 0 aromatic carbocycles. The van der Waals surface area contributed by atoms with E-state index >= 15 is 0 Å². The molecule has 2 atom stereocenters. The highest BCUT2D eigenvalue weighted by Gasteiger charge is 2.43. The summed E-state index contributed by atoms with van der Waals surface area (Å²) in [5.74, 6) is 0. The van der Waals surface area contributed by atoms with E-state index < -0.39 is 0 Å². The van der Waals surface area contributed by atoms with Gasteiger partial charge in [0.2, 0.25) is 0 Å². The van der Waals surface area contributed by atoms with Gasteiger partial charge in [0.15, 0.2) is 0 Å².